The Hall–Kier alpha value is -3.80. The van der Waals surface area contributed by atoms with Crippen LogP contribution in [0.15, 0.2) is 84.9 Å². The Morgan fingerprint density at radius 2 is 1.31 bits per heavy atom. The molecule has 6 heteroatoms. The molecule has 0 unspecified atom stereocenters. The topological polar surface area (TPSA) is 47.1 Å². The van der Waals surface area contributed by atoms with Crippen LogP contribution in [0.4, 0.5) is 21.0 Å². The van der Waals surface area contributed by atoms with Crippen LogP contribution in [0, 0.1) is 6.92 Å². The highest BCUT2D eigenvalue weighted by molar-refractivity contribution is 5.99. The summed E-state index contributed by atoms with van der Waals surface area (Å²) in [5.41, 5.74) is 4.04. The maximum absolute atomic E-state index is 13.9. The molecule has 3 aromatic carbocycles. The summed E-state index contributed by atoms with van der Waals surface area (Å²) in [6.45, 7) is 6.47. The van der Waals surface area contributed by atoms with Crippen molar-refractivity contribution in [3.63, 3.8) is 0 Å². The van der Waals surface area contributed by atoms with Gasteiger partial charge in [-0.2, -0.15) is 0 Å². The first kappa shape index (κ1) is 23.9. The van der Waals surface area contributed by atoms with Crippen LogP contribution >= 0.6 is 0 Å². The number of rotatable bonds is 5. The molecular formula is C30H34N4O2. The van der Waals surface area contributed by atoms with Crippen LogP contribution < -0.4 is 4.90 Å². The lowest BCUT2D eigenvalue weighted by molar-refractivity contribution is 0.0816. The van der Waals surface area contributed by atoms with Gasteiger partial charge in [-0.25, -0.2) is 9.59 Å². The second kappa shape index (κ2) is 10.4. The second-order valence-electron chi connectivity index (χ2n) is 9.77. The minimum absolute atomic E-state index is 0.0385. The molecular weight excluding hydrogens is 448 g/mol. The highest BCUT2D eigenvalue weighted by atomic mass is 16.2. The molecule has 2 aliphatic heterocycles. The van der Waals surface area contributed by atoms with Gasteiger partial charge in [-0.05, 0) is 56.5 Å². The van der Waals surface area contributed by atoms with Crippen molar-refractivity contribution in [3.8, 4) is 0 Å². The van der Waals surface area contributed by atoms with Crippen LogP contribution in [0.3, 0.4) is 0 Å². The lowest BCUT2D eigenvalue weighted by Crippen LogP contribution is -2.61. The summed E-state index contributed by atoms with van der Waals surface area (Å²) in [6, 6.07) is 28.1. The van der Waals surface area contributed by atoms with E-state index in [4.69, 9.17) is 0 Å². The summed E-state index contributed by atoms with van der Waals surface area (Å²) in [6.07, 6.45) is 1.86. The molecule has 2 atom stereocenters. The first-order valence-electron chi connectivity index (χ1n) is 12.9. The third-order valence-electron chi connectivity index (χ3n) is 7.34. The van der Waals surface area contributed by atoms with E-state index in [1.807, 2.05) is 77.4 Å². The number of anilines is 2. The molecule has 0 aromatic heterocycles. The largest absolute Gasteiger partial charge is 0.329 e. The molecule has 0 spiro atoms. The van der Waals surface area contributed by atoms with E-state index in [-0.39, 0.29) is 24.1 Å². The standard InChI is InChI=1S/C30H34N4O2/c1-3-31(20-24-16-14-23(2)15-17-24)29(35)34-27-18-19-28(34)22-32(21-27)30(36)33(25-10-6-4-7-11-25)26-12-8-5-9-13-26/h4-17,27-28H,3,18-22H2,1-2H3/t27-,28+. The summed E-state index contributed by atoms with van der Waals surface area (Å²) in [5.74, 6) is 0. The molecule has 36 heavy (non-hydrogen) atoms. The van der Waals surface area contributed by atoms with Gasteiger partial charge in [0.05, 0.1) is 23.5 Å². The van der Waals surface area contributed by atoms with Crippen LogP contribution in [0.1, 0.15) is 30.9 Å². The fourth-order valence-electron chi connectivity index (χ4n) is 5.43. The Balaban J connectivity index is 1.33. The van der Waals surface area contributed by atoms with Crippen molar-refractivity contribution in [2.45, 2.75) is 45.3 Å². The zero-order valence-electron chi connectivity index (χ0n) is 21.1. The number of urea groups is 2. The molecule has 0 saturated carbocycles. The molecule has 5 rings (SSSR count). The number of carbonyl (C=O) groups is 2. The zero-order valence-corrected chi connectivity index (χ0v) is 21.1. The molecule has 2 aliphatic rings. The summed E-state index contributed by atoms with van der Waals surface area (Å²) in [5, 5.41) is 0. The number of benzene rings is 3. The number of likely N-dealkylation sites (tertiary alicyclic amines) is 1. The minimum atomic E-state index is -0.0385. The van der Waals surface area contributed by atoms with Gasteiger partial charge in [-0.15, -0.1) is 0 Å². The third kappa shape index (κ3) is 4.81. The van der Waals surface area contributed by atoms with E-state index in [1.165, 1.54) is 5.56 Å². The maximum atomic E-state index is 13.9. The fraction of sp³-hybridized carbons (Fsp3) is 0.333. The zero-order chi connectivity index (χ0) is 25.1. The normalized spacial score (nSPS) is 18.7. The van der Waals surface area contributed by atoms with Gasteiger partial charge >= 0.3 is 12.1 Å². The van der Waals surface area contributed by atoms with Gasteiger partial charge in [0.1, 0.15) is 0 Å². The highest BCUT2D eigenvalue weighted by Crippen LogP contribution is 2.34. The lowest BCUT2D eigenvalue weighted by atomic mass is 10.1. The molecule has 186 valence electrons. The Morgan fingerprint density at radius 3 is 1.81 bits per heavy atom. The number of para-hydroxylation sites is 2. The van der Waals surface area contributed by atoms with Crippen molar-refractivity contribution in [1.82, 2.24) is 14.7 Å². The van der Waals surface area contributed by atoms with E-state index in [2.05, 4.69) is 36.1 Å². The molecule has 2 fully saturated rings. The number of nitrogens with zero attached hydrogens (tertiary/aromatic N) is 4. The highest BCUT2D eigenvalue weighted by Gasteiger charge is 2.45. The predicted molar refractivity (Wildman–Crippen MR) is 143 cm³/mol. The van der Waals surface area contributed by atoms with Gasteiger partial charge in [0.15, 0.2) is 0 Å². The van der Waals surface area contributed by atoms with E-state index in [9.17, 15) is 9.59 Å². The monoisotopic (exact) mass is 482 g/mol. The molecule has 2 heterocycles. The number of piperazine rings is 1. The van der Waals surface area contributed by atoms with Crippen LogP contribution in [0.2, 0.25) is 0 Å². The molecule has 0 N–H and O–H groups in total. The van der Waals surface area contributed by atoms with E-state index in [1.54, 1.807) is 4.90 Å². The molecule has 0 aliphatic carbocycles. The third-order valence-corrected chi connectivity index (χ3v) is 7.34. The van der Waals surface area contributed by atoms with Crippen molar-refractivity contribution in [1.29, 1.82) is 0 Å². The van der Waals surface area contributed by atoms with Crippen molar-refractivity contribution in [2.24, 2.45) is 0 Å². The first-order valence-corrected chi connectivity index (χ1v) is 12.9. The Labute approximate surface area is 213 Å². The van der Waals surface area contributed by atoms with E-state index in [0.29, 0.717) is 26.2 Å². The number of hydrogen-bond donors (Lipinski definition) is 0. The number of hydrogen-bond acceptors (Lipinski definition) is 2. The Bertz CT molecular complexity index is 1130. The van der Waals surface area contributed by atoms with Gasteiger partial charge in [-0.3, -0.25) is 4.90 Å². The fourth-order valence-corrected chi connectivity index (χ4v) is 5.43. The van der Waals surface area contributed by atoms with Crippen molar-refractivity contribution >= 4 is 23.4 Å². The maximum Gasteiger partial charge on any atom is 0.329 e. The minimum Gasteiger partial charge on any atom is -0.321 e. The van der Waals surface area contributed by atoms with Crippen molar-refractivity contribution in [2.75, 3.05) is 24.5 Å². The van der Waals surface area contributed by atoms with E-state index >= 15 is 0 Å². The summed E-state index contributed by atoms with van der Waals surface area (Å²) < 4.78 is 0. The molecule has 2 bridgehead atoms. The van der Waals surface area contributed by atoms with Crippen molar-refractivity contribution < 1.29 is 9.59 Å². The van der Waals surface area contributed by atoms with Crippen molar-refractivity contribution in [3.05, 3.63) is 96.1 Å². The van der Waals surface area contributed by atoms with E-state index < -0.39 is 0 Å². The average molecular weight is 483 g/mol. The summed E-state index contributed by atoms with van der Waals surface area (Å²) >= 11 is 0. The number of aryl methyl sites for hydroxylation is 1. The number of fused-ring (bicyclic) bond motifs is 2. The molecule has 4 amide bonds. The number of carbonyl (C=O) groups excluding carboxylic acids is 2. The van der Waals surface area contributed by atoms with Crippen LogP contribution in [-0.4, -0.2) is 58.5 Å². The van der Waals surface area contributed by atoms with Gasteiger partial charge < -0.3 is 14.7 Å². The SMILES string of the molecule is CCN(Cc1ccc(C)cc1)C(=O)N1[C@@H]2CC[C@H]1CN(C(=O)N(c1ccccc1)c1ccccc1)C2. The van der Waals surface area contributed by atoms with Gasteiger partial charge in [0.25, 0.3) is 0 Å². The molecule has 3 aromatic rings. The van der Waals surface area contributed by atoms with Gasteiger partial charge in [-0.1, -0.05) is 66.2 Å². The molecule has 0 radical (unpaired) electrons. The van der Waals surface area contributed by atoms with Crippen LogP contribution in [-0.2, 0) is 6.54 Å². The summed E-state index contributed by atoms with van der Waals surface area (Å²) in [7, 11) is 0. The van der Waals surface area contributed by atoms with E-state index in [0.717, 1.165) is 29.8 Å². The van der Waals surface area contributed by atoms with Crippen LogP contribution in [0.5, 0.6) is 0 Å². The Kier molecular flexibility index (Phi) is 6.94. The number of amides is 4. The Morgan fingerprint density at radius 1 is 0.778 bits per heavy atom. The average Bonchev–Trinajstić information content (AvgIpc) is 3.18. The lowest BCUT2D eigenvalue weighted by Gasteiger charge is -2.44. The smallest absolute Gasteiger partial charge is 0.321 e. The van der Waals surface area contributed by atoms with Crippen LogP contribution in [0.25, 0.3) is 0 Å². The second-order valence-corrected chi connectivity index (χ2v) is 9.77. The van der Waals surface area contributed by atoms with Gasteiger partial charge in [0.2, 0.25) is 0 Å². The first-order chi connectivity index (χ1) is 17.5. The van der Waals surface area contributed by atoms with Gasteiger partial charge in [0, 0.05) is 26.2 Å². The molecule has 6 nitrogen and oxygen atoms in total. The molecule has 2 saturated heterocycles. The quantitative estimate of drug-likeness (QED) is 0.445. The summed E-state index contributed by atoms with van der Waals surface area (Å²) in [4.78, 5) is 35.2. The predicted octanol–water partition coefficient (Wildman–Crippen LogP) is 6.04.